The number of halogens is 1. The average molecular weight is 301 g/mol. The zero-order valence-corrected chi connectivity index (χ0v) is 12.2. The maximum atomic E-state index is 11.8. The number of thiophene rings is 1. The van der Waals surface area contributed by atoms with Crippen LogP contribution in [0.4, 0.5) is 4.79 Å². The maximum Gasteiger partial charge on any atom is 0.315 e. The quantitative estimate of drug-likeness (QED) is 0.749. The molecule has 1 aromatic rings. The standard InChI is InChI=1S/C13H17ClN2O2S/c1-8(11-4-5-12(14)19-11)15-13(18)16-10-3-2-9(6-10)7-17/h2-5,8-10,17H,6-7H2,1H3,(H2,15,16,18)/t8?,9-,10+/m0/s1. The summed E-state index contributed by atoms with van der Waals surface area (Å²) in [6, 6.07) is 3.45. The van der Waals surface area contributed by atoms with Gasteiger partial charge in [-0.05, 0) is 25.5 Å². The lowest BCUT2D eigenvalue weighted by Crippen LogP contribution is -2.41. The third-order valence-corrected chi connectivity index (χ3v) is 4.51. The maximum absolute atomic E-state index is 11.8. The van der Waals surface area contributed by atoms with Crippen molar-refractivity contribution in [3.8, 4) is 0 Å². The highest BCUT2D eigenvalue weighted by atomic mass is 35.5. The SMILES string of the molecule is CC(NC(=O)N[C@@H]1C=C[C@H](CO)C1)c1ccc(Cl)s1. The topological polar surface area (TPSA) is 61.4 Å². The number of nitrogens with one attached hydrogen (secondary N) is 2. The highest BCUT2D eigenvalue weighted by Crippen LogP contribution is 2.26. The molecule has 1 heterocycles. The summed E-state index contributed by atoms with van der Waals surface area (Å²) in [4.78, 5) is 12.9. The predicted molar refractivity (Wildman–Crippen MR) is 77.5 cm³/mol. The summed E-state index contributed by atoms with van der Waals surface area (Å²) >= 11 is 7.33. The molecule has 0 aromatic carbocycles. The van der Waals surface area contributed by atoms with Crippen LogP contribution in [0.1, 0.15) is 24.3 Å². The van der Waals surface area contributed by atoms with Crippen LogP contribution in [0.2, 0.25) is 4.34 Å². The lowest BCUT2D eigenvalue weighted by Gasteiger charge is -2.16. The van der Waals surface area contributed by atoms with E-state index in [4.69, 9.17) is 16.7 Å². The molecule has 0 fully saturated rings. The highest BCUT2D eigenvalue weighted by molar-refractivity contribution is 7.16. The molecule has 104 valence electrons. The van der Waals surface area contributed by atoms with Gasteiger partial charge in [0.1, 0.15) is 0 Å². The van der Waals surface area contributed by atoms with Gasteiger partial charge in [-0.1, -0.05) is 23.8 Å². The number of carbonyl (C=O) groups is 1. The summed E-state index contributed by atoms with van der Waals surface area (Å²) in [7, 11) is 0. The van der Waals surface area contributed by atoms with Crippen molar-refractivity contribution in [2.24, 2.45) is 5.92 Å². The van der Waals surface area contributed by atoms with Crippen molar-refractivity contribution in [3.63, 3.8) is 0 Å². The Hall–Kier alpha value is -1.04. The van der Waals surface area contributed by atoms with Crippen LogP contribution in [-0.4, -0.2) is 23.8 Å². The third-order valence-electron chi connectivity index (χ3n) is 3.09. The lowest BCUT2D eigenvalue weighted by atomic mass is 10.1. The number of aliphatic hydroxyl groups excluding tert-OH is 1. The van der Waals surface area contributed by atoms with Crippen LogP contribution >= 0.6 is 22.9 Å². The van der Waals surface area contributed by atoms with Crippen molar-refractivity contribution in [3.05, 3.63) is 33.5 Å². The van der Waals surface area contributed by atoms with Crippen LogP contribution < -0.4 is 10.6 Å². The molecule has 0 aliphatic heterocycles. The monoisotopic (exact) mass is 300 g/mol. The van der Waals surface area contributed by atoms with Crippen LogP contribution in [0.3, 0.4) is 0 Å². The first-order chi connectivity index (χ1) is 9.08. The highest BCUT2D eigenvalue weighted by Gasteiger charge is 2.20. The van der Waals surface area contributed by atoms with E-state index in [0.717, 1.165) is 11.3 Å². The van der Waals surface area contributed by atoms with E-state index < -0.39 is 0 Å². The first-order valence-electron chi connectivity index (χ1n) is 6.20. The zero-order chi connectivity index (χ0) is 13.8. The van der Waals surface area contributed by atoms with Gasteiger partial charge in [0.25, 0.3) is 0 Å². The fourth-order valence-electron chi connectivity index (χ4n) is 2.06. The fraction of sp³-hybridized carbons (Fsp3) is 0.462. The Kier molecular flexibility index (Phi) is 4.85. The van der Waals surface area contributed by atoms with Gasteiger partial charge in [0.15, 0.2) is 0 Å². The molecular weight excluding hydrogens is 284 g/mol. The number of urea groups is 1. The Balaban J connectivity index is 1.80. The molecule has 0 saturated heterocycles. The molecule has 1 aliphatic carbocycles. The Morgan fingerprint density at radius 2 is 2.37 bits per heavy atom. The molecule has 1 aliphatic rings. The van der Waals surface area contributed by atoms with E-state index >= 15 is 0 Å². The van der Waals surface area contributed by atoms with E-state index in [-0.39, 0.29) is 30.6 Å². The smallest absolute Gasteiger partial charge is 0.315 e. The second kappa shape index (κ2) is 6.41. The zero-order valence-electron chi connectivity index (χ0n) is 10.6. The Labute approximate surface area is 121 Å². The molecule has 0 bridgehead atoms. The second-order valence-electron chi connectivity index (χ2n) is 4.65. The van der Waals surface area contributed by atoms with Gasteiger partial charge < -0.3 is 15.7 Å². The van der Waals surface area contributed by atoms with E-state index in [1.807, 2.05) is 31.2 Å². The molecule has 3 N–H and O–H groups in total. The molecule has 4 nitrogen and oxygen atoms in total. The van der Waals surface area contributed by atoms with Gasteiger partial charge in [0.05, 0.1) is 10.4 Å². The van der Waals surface area contributed by atoms with E-state index in [2.05, 4.69) is 10.6 Å². The fourth-order valence-corrected chi connectivity index (χ4v) is 3.12. The minimum Gasteiger partial charge on any atom is -0.396 e. The summed E-state index contributed by atoms with van der Waals surface area (Å²) in [5.41, 5.74) is 0. The van der Waals surface area contributed by atoms with Gasteiger partial charge in [0.2, 0.25) is 0 Å². The molecule has 1 unspecified atom stereocenters. The van der Waals surface area contributed by atoms with Crippen LogP contribution in [0, 0.1) is 5.92 Å². The molecule has 3 atom stereocenters. The summed E-state index contributed by atoms with van der Waals surface area (Å²) < 4.78 is 0.716. The second-order valence-corrected chi connectivity index (χ2v) is 6.40. The summed E-state index contributed by atoms with van der Waals surface area (Å²) in [6.07, 6.45) is 4.61. The van der Waals surface area contributed by atoms with E-state index in [9.17, 15) is 4.79 Å². The molecule has 2 rings (SSSR count). The molecule has 0 spiro atoms. The number of amides is 2. The molecule has 6 heteroatoms. The van der Waals surface area contributed by atoms with Crippen molar-refractivity contribution in [1.82, 2.24) is 10.6 Å². The summed E-state index contributed by atoms with van der Waals surface area (Å²) in [5.74, 6) is 0.152. The molecular formula is C13H17ClN2O2S. The summed E-state index contributed by atoms with van der Waals surface area (Å²) in [5, 5.41) is 14.8. The Morgan fingerprint density at radius 3 is 2.95 bits per heavy atom. The average Bonchev–Trinajstić information content (AvgIpc) is 2.97. The van der Waals surface area contributed by atoms with Crippen molar-refractivity contribution >= 4 is 29.0 Å². The van der Waals surface area contributed by atoms with Crippen molar-refractivity contribution < 1.29 is 9.90 Å². The van der Waals surface area contributed by atoms with Gasteiger partial charge in [-0.15, -0.1) is 11.3 Å². The molecule has 19 heavy (non-hydrogen) atoms. The third kappa shape index (κ3) is 3.96. The van der Waals surface area contributed by atoms with Gasteiger partial charge in [-0.25, -0.2) is 4.79 Å². The van der Waals surface area contributed by atoms with Crippen LogP contribution in [0.5, 0.6) is 0 Å². The normalized spacial score (nSPS) is 23.3. The molecule has 0 saturated carbocycles. The predicted octanol–water partition coefficient (Wildman–Crippen LogP) is 2.70. The van der Waals surface area contributed by atoms with E-state index in [0.29, 0.717) is 4.34 Å². The van der Waals surface area contributed by atoms with Crippen molar-refractivity contribution in [1.29, 1.82) is 0 Å². The van der Waals surface area contributed by atoms with Gasteiger partial charge in [-0.2, -0.15) is 0 Å². The van der Waals surface area contributed by atoms with Gasteiger partial charge in [-0.3, -0.25) is 0 Å². The largest absolute Gasteiger partial charge is 0.396 e. The van der Waals surface area contributed by atoms with Crippen molar-refractivity contribution in [2.45, 2.75) is 25.4 Å². The first-order valence-corrected chi connectivity index (χ1v) is 7.39. The molecule has 2 amide bonds. The first kappa shape index (κ1) is 14.4. The number of rotatable bonds is 4. The number of aliphatic hydroxyl groups is 1. The Bertz CT molecular complexity index is 475. The lowest BCUT2D eigenvalue weighted by molar-refractivity contribution is 0.229. The number of carbonyl (C=O) groups excluding carboxylic acids is 1. The van der Waals surface area contributed by atoms with E-state index in [1.165, 1.54) is 11.3 Å². The minimum absolute atomic E-state index is 0.00345. The van der Waals surface area contributed by atoms with E-state index in [1.54, 1.807) is 0 Å². The number of hydrogen-bond acceptors (Lipinski definition) is 3. The van der Waals surface area contributed by atoms with Crippen LogP contribution in [0.25, 0.3) is 0 Å². The molecule has 1 aromatic heterocycles. The van der Waals surface area contributed by atoms with Gasteiger partial charge in [0, 0.05) is 23.4 Å². The van der Waals surface area contributed by atoms with Crippen LogP contribution in [0.15, 0.2) is 24.3 Å². The molecule has 0 radical (unpaired) electrons. The van der Waals surface area contributed by atoms with Gasteiger partial charge >= 0.3 is 6.03 Å². The Morgan fingerprint density at radius 1 is 1.58 bits per heavy atom. The number of hydrogen-bond donors (Lipinski definition) is 3. The summed E-state index contributed by atoms with van der Waals surface area (Å²) in [6.45, 7) is 2.04. The minimum atomic E-state index is -0.203. The van der Waals surface area contributed by atoms with Crippen LogP contribution in [-0.2, 0) is 0 Å². The van der Waals surface area contributed by atoms with Crippen molar-refractivity contribution in [2.75, 3.05) is 6.61 Å².